The largest absolute Gasteiger partial charge is 0.308 e. The van der Waals surface area contributed by atoms with Crippen molar-refractivity contribution in [2.24, 2.45) is 13.0 Å². The molecule has 1 saturated carbocycles. The molecule has 1 atom stereocenters. The monoisotopic (exact) mass is 208 g/mol. The van der Waals surface area contributed by atoms with Crippen LogP contribution in [0.4, 0.5) is 0 Å². The maximum atomic E-state index is 4.07. The Labute approximate surface area is 91.1 Å². The average molecular weight is 208 g/mol. The molecule has 1 aliphatic rings. The highest BCUT2D eigenvalue weighted by molar-refractivity contribution is 4.92. The van der Waals surface area contributed by atoms with Crippen LogP contribution in [0, 0.1) is 5.92 Å². The van der Waals surface area contributed by atoms with Crippen LogP contribution < -0.4 is 5.32 Å². The number of hydrogen-bond donors (Lipinski definition) is 1. The van der Waals surface area contributed by atoms with Gasteiger partial charge in [-0.05, 0) is 18.8 Å². The molecule has 1 aliphatic carbocycles. The minimum atomic E-state index is 0.652. The second kappa shape index (κ2) is 4.75. The third-order valence-corrected chi connectivity index (χ3v) is 3.03. The van der Waals surface area contributed by atoms with Crippen LogP contribution in [0.2, 0.25) is 0 Å². The Hall–Kier alpha value is -0.900. The van der Waals surface area contributed by atoms with Gasteiger partial charge in [-0.1, -0.05) is 25.0 Å². The van der Waals surface area contributed by atoms with Gasteiger partial charge in [0.2, 0.25) is 0 Å². The predicted octanol–water partition coefficient (Wildman–Crippen LogP) is 1.48. The summed E-state index contributed by atoms with van der Waals surface area (Å²) in [6, 6.07) is 0.652. The summed E-state index contributed by atoms with van der Waals surface area (Å²) in [5.41, 5.74) is 1.03. The van der Waals surface area contributed by atoms with Crippen LogP contribution in [0.15, 0.2) is 6.20 Å². The van der Waals surface area contributed by atoms with E-state index < -0.39 is 0 Å². The van der Waals surface area contributed by atoms with Crippen molar-refractivity contribution in [3.63, 3.8) is 0 Å². The summed E-state index contributed by atoms with van der Waals surface area (Å²) in [7, 11) is 1.90. The molecule has 0 spiro atoms. The minimum Gasteiger partial charge on any atom is -0.308 e. The number of hydrogen-bond acceptors (Lipinski definition) is 3. The lowest BCUT2D eigenvalue weighted by molar-refractivity contribution is 0.442. The van der Waals surface area contributed by atoms with Crippen molar-refractivity contribution in [2.45, 2.75) is 45.2 Å². The molecule has 1 aromatic heterocycles. The van der Waals surface area contributed by atoms with Crippen LogP contribution >= 0.6 is 0 Å². The molecule has 84 valence electrons. The Bertz CT molecular complexity index is 303. The van der Waals surface area contributed by atoms with Gasteiger partial charge in [-0.2, -0.15) is 0 Å². The van der Waals surface area contributed by atoms with Gasteiger partial charge in [-0.25, -0.2) is 0 Å². The van der Waals surface area contributed by atoms with Gasteiger partial charge in [-0.15, -0.1) is 5.10 Å². The van der Waals surface area contributed by atoms with Crippen molar-refractivity contribution in [3.8, 4) is 0 Å². The first-order valence-electron chi connectivity index (χ1n) is 5.86. The Kier molecular flexibility index (Phi) is 3.36. The van der Waals surface area contributed by atoms with E-state index in [0.717, 1.165) is 18.2 Å². The quantitative estimate of drug-likeness (QED) is 0.770. The fraction of sp³-hybridized carbons (Fsp3) is 0.818. The van der Waals surface area contributed by atoms with E-state index >= 15 is 0 Å². The van der Waals surface area contributed by atoms with Gasteiger partial charge < -0.3 is 5.32 Å². The van der Waals surface area contributed by atoms with Crippen molar-refractivity contribution < 1.29 is 0 Å². The van der Waals surface area contributed by atoms with Gasteiger partial charge in [-0.3, -0.25) is 4.68 Å². The maximum absolute atomic E-state index is 4.07. The normalized spacial score (nSPS) is 18.0. The fourth-order valence-electron chi connectivity index (χ4n) is 1.88. The van der Waals surface area contributed by atoms with Crippen LogP contribution in [-0.4, -0.2) is 21.0 Å². The molecule has 0 radical (unpaired) electrons. The van der Waals surface area contributed by atoms with E-state index in [1.807, 2.05) is 13.2 Å². The molecular formula is C11H20N4. The van der Waals surface area contributed by atoms with Crippen molar-refractivity contribution in [1.29, 1.82) is 0 Å². The summed E-state index contributed by atoms with van der Waals surface area (Å²) < 4.78 is 1.75. The van der Waals surface area contributed by atoms with Crippen LogP contribution in [0.5, 0.6) is 0 Å². The summed E-state index contributed by atoms with van der Waals surface area (Å²) in [5.74, 6) is 0.990. The van der Waals surface area contributed by atoms with E-state index in [0.29, 0.717) is 6.04 Å². The van der Waals surface area contributed by atoms with Gasteiger partial charge >= 0.3 is 0 Å². The van der Waals surface area contributed by atoms with Crippen molar-refractivity contribution >= 4 is 0 Å². The highest BCUT2D eigenvalue weighted by atomic mass is 15.4. The molecule has 2 rings (SSSR count). The summed E-state index contributed by atoms with van der Waals surface area (Å²) >= 11 is 0. The first-order chi connectivity index (χ1) is 7.28. The van der Waals surface area contributed by atoms with Crippen molar-refractivity contribution in [2.75, 3.05) is 0 Å². The van der Waals surface area contributed by atoms with Gasteiger partial charge in [0.15, 0.2) is 0 Å². The lowest BCUT2D eigenvalue weighted by Crippen LogP contribution is -2.28. The fourth-order valence-corrected chi connectivity index (χ4v) is 1.88. The zero-order chi connectivity index (χ0) is 10.7. The third-order valence-electron chi connectivity index (χ3n) is 3.03. The van der Waals surface area contributed by atoms with Crippen LogP contribution in [0.3, 0.4) is 0 Å². The molecule has 0 aromatic carbocycles. The van der Waals surface area contributed by atoms with E-state index in [9.17, 15) is 0 Å². The van der Waals surface area contributed by atoms with Gasteiger partial charge in [0, 0.05) is 25.8 Å². The van der Waals surface area contributed by atoms with Crippen molar-refractivity contribution in [3.05, 3.63) is 11.9 Å². The standard InChI is InChI=1S/C11H20N4/c1-3-10(6-9-4-5-9)12-7-11-8-15(2)14-13-11/h8-10,12H,3-7H2,1-2H3. The summed E-state index contributed by atoms with van der Waals surface area (Å²) in [5, 5.41) is 11.5. The lowest BCUT2D eigenvalue weighted by Gasteiger charge is -2.15. The smallest absolute Gasteiger partial charge is 0.0964 e. The Morgan fingerprint density at radius 1 is 1.60 bits per heavy atom. The molecule has 15 heavy (non-hydrogen) atoms. The second-order valence-corrected chi connectivity index (χ2v) is 4.55. The molecule has 1 unspecified atom stereocenters. The molecular weight excluding hydrogens is 188 g/mol. The molecule has 1 heterocycles. The molecule has 0 aliphatic heterocycles. The van der Waals surface area contributed by atoms with Gasteiger partial charge in [0.1, 0.15) is 0 Å². The molecule has 1 aromatic rings. The van der Waals surface area contributed by atoms with E-state index in [-0.39, 0.29) is 0 Å². The molecule has 0 bridgehead atoms. The zero-order valence-electron chi connectivity index (χ0n) is 9.61. The van der Waals surface area contributed by atoms with Crippen molar-refractivity contribution in [1.82, 2.24) is 20.3 Å². The van der Waals surface area contributed by atoms with Crippen LogP contribution in [0.25, 0.3) is 0 Å². The molecule has 0 amide bonds. The maximum Gasteiger partial charge on any atom is 0.0964 e. The highest BCUT2D eigenvalue weighted by Crippen LogP contribution is 2.34. The summed E-state index contributed by atoms with van der Waals surface area (Å²) in [6.07, 6.45) is 7.37. The third kappa shape index (κ3) is 3.30. The number of nitrogens with one attached hydrogen (secondary N) is 1. The Morgan fingerprint density at radius 3 is 2.93 bits per heavy atom. The second-order valence-electron chi connectivity index (χ2n) is 4.55. The highest BCUT2D eigenvalue weighted by Gasteiger charge is 2.24. The average Bonchev–Trinajstić information content (AvgIpc) is 2.95. The van der Waals surface area contributed by atoms with Gasteiger partial charge in [0.05, 0.1) is 5.69 Å². The minimum absolute atomic E-state index is 0.652. The van der Waals surface area contributed by atoms with E-state index in [2.05, 4.69) is 22.6 Å². The zero-order valence-corrected chi connectivity index (χ0v) is 9.61. The Balaban J connectivity index is 1.74. The first-order valence-corrected chi connectivity index (χ1v) is 5.86. The summed E-state index contributed by atoms with van der Waals surface area (Å²) in [6.45, 7) is 3.09. The topological polar surface area (TPSA) is 42.7 Å². The molecule has 4 heteroatoms. The molecule has 1 N–H and O–H groups in total. The van der Waals surface area contributed by atoms with Crippen LogP contribution in [-0.2, 0) is 13.6 Å². The molecule has 1 fully saturated rings. The van der Waals surface area contributed by atoms with E-state index in [1.165, 1.54) is 25.7 Å². The first kappa shape index (κ1) is 10.6. The molecule has 0 saturated heterocycles. The summed E-state index contributed by atoms with van der Waals surface area (Å²) in [4.78, 5) is 0. The number of rotatable bonds is 6. The van der Waals surface area contributed by atoms with E-state index in [4.69, 9.17) is 0 Å². The van der Waals surface area contributed by atoms with Crippen LogP contribution in [0.1, 0.15) is 38.3 Å². The Morgan fingerprint density at radius 2 is 2.40 bits per heavy atom. The lowest BCUT2D eigenvalue weighted by atomic mass is 10.1. The number of nitrogens with zero attached hydrogens (tertiary/aromatic N) is 3. The molecule has 4 nitrogen and oxygen atoms in total. The predicted molar refractivity (Wildman–Crippen MR) is 59.3 cm³/mol. The SMILES string of the molecule is CCC(CC1CC1)NCc1cn(C)nn1. The number of aryl methyl sites for hydroxylation is 1. The van der Waals surface area contributed by atoms with Gasteiger partial charge in [0.25, 0.3) is 0 Å². The van der Waals surface area contributed by atoms with E-state index in [1.54, 1.807) is 4.68 Å². The number of aromatic nitrogens is 3.